The van der Waals surface area contributed by atoms with Gasteiger partial charge in [0, 0.05) is 28.4 Å². The highest BCUT2D eigenvalue weighted by atomic mass is 32.2. The van der Waals surface area contributed by atoms with Crippen molar-refractivity contribution in [3.63, 3.8) is 0 Å². The summed E-state index contributed by atoms with van der Waals surface area (Å²) in [7, 11) is 0. The molecule has 3 amide bonds. The smallest absolute Gasteiger partial charge is 0.322 e. The molecule has 1 atom stereocenters. The van der Waals surface area contributed by atoms with E-state index in [0.29, 0.717) is 17.7 Å². The lowest BCUT2D eigenvalue weighted by molar-refractivity contribution is -0.130. The fraction of sp³-hybridized carbons (Fsp3) is 0.381. The molecule has 0 aliphatic carbocycles. The van der Waals surface area contributed by atoms with Gasteiger partial charge in [0.05, 0.1) is 6.54 Å². The number of rotatable bonds is 4. The Labute approximate surface area is 168 Å². The van der Waals surface area contributed by atoms with E-state index in [1.807, 2.05) is 55.7 Å². The van der Waals surface area contributed by atoms with Crippen LogP contribution < -0.4 is 5.32 Å². The van der Waals surface area contributed by atoms with Crippen molar-refractivity contribution in [3.05, 3.63) is 52.8 Å². The Bertz CT molecular complexity index is 972. The van der Waals surface area contributed by atoms with E-state index in [1.165, 1.54) is 5.56 Å². The number of imide groups is 1. The maximum Gasteiger partial charge on any atom is 0.325 e. The number of ketones is 1. The van der Waals surface area contributed by atoms with Crippen LogP contribution in [0.15, 0.2) is 30.3 Å². The zero-order valence-electron chi connectivity index (χ0n) is 16.2. The molecule has 2 aliphatic rings. The first kappa shape index (κ1) is 18.8. The Morgan fingerprint density at radius 2 is 1.89 bits per heavy atom. The van der Waals surface area contributed by atoms with Crippen LogP contribution in [0.5, 0.6) is 0 Å². The Hall–Kier alpha value is -2.54. The van der Waals surface area contributed by atoms with Gasteiger partial charge < -0.3 is 9.88 Å². The minimum absolute atomic E-state index is 0.224. The topological polar surface area (TPSA) is 71.4 Å². The Balaban J connectivity index is 1.59. The quantitative estimate of drug-likeness (QED) is 0.636. The molecule has 1 aromatic carbocycles. The molecule has 146 valence electrons. The minimum Gasteiger partial charge on any atom is -0.322 e. The molecule has 4 rings (SSSR count). The van der Waals surface area contributed by atoms with Crippen LogP contribution in [-0.4, -0.2) is 50.8 Å². The van der Waals surface area contributed by atoms with Crippen LogP contribution in [0.25, 0.3) is 5.69 Å². The number of nitrogens with zero attached hydrogens (tertiary/aromatic N) is 2. The Morgan fingerprint density at radius 1 is 1.18 bits per heavy atom. The van der Waals surface area contributed by atoms with Crippen LogP contribution in [-0.2, 0) is 4.79 Å². The molecule has 2 saturated heterocycles. The summed E-state index contributed by atoms with van der Waals surface area (Å²) in [6.45, 7) is 5.64. The van der Waals surface area contributed by atoms with Crippen molar-refractivity contribution < 1.29 is 14.4 Å². The number of aryl methyl sites for hydroxylation is 2. The van der Waals surface area contributed by atoms with Crippen LogP contribution in [0.3, 0.4) is 0 Å². The van der Waals surface area contributed by atoms with E-state index in [9.17, 15) is 14.4 Å². The normalized spacial score (nSPS) is 21.6. The maximum absolute atomic E-state index is 13.0. The largest absolute Gasteiger partial charge is 0.325 e. The number of urea groups is 1. The molecule has 0 bridgehead atoms. The van der Waals surface area contributed by atoms with Gasteiger partial charge >= 0.3 is 6.03 Å². The summed E-state index contributed by atoms with van der Waals surface area (Å²) in [5, 5.41) is 2.81. The third-order valence-corrected chi connectivity index (χ3v) is 6.78. The zero-order chi connectivity index (χ0) is 20.1. The van der Waals surface area contributed by atoms with Crippen LogP contribution in [0.2, 0.25) is 0 Å². The zero-order valence-corrected chi connectivity index (χ0v) is 17.1. The van der Waals surface area contributed by atoms with Gasteiger partial charge in [0.2, 0.25) is 0 Å². The van der Waals surface area contributed by atoms with Crippen LogP contribution >= 0.6 is 11.8 Å². The van der Waals surface area contributed by atoms with Crippen molar-refractivity contribution in [1.29, 1.82) is 0 Å². The van der Waals surface area contributed by atoms with Crippen molar-refractivity contribution in [1.82, 2.24) is 14.8 Å². The highest BCUT2D eigenvalue weighted by molar-refractivity contribution is 7.99. The van der Waals surface area contributed by atoms with Crippen molar-refractivity contribution in [2.24, 2.45) is 0 Å². The standard InChI is InChI=1S/C21H23N3O3S/c1-13-4-6-16(7-5-13)24-14(2)10-17(15(24)3)18(25)11-23-19(26)21(22-20(23)27)8-9-28-12-21/h4-7,10H,8-9,11-12H2,1-3H3,(H,22,27). The first-order valence-corrected chi connectivity index (χ1v) is 10.5. The van der Waals surface area contributed by atoms with Gasteiger partial charge in [-0.2, -0.15) is 11.8 Å². The first-order valence-electron chi connectivity index (χ1n) is 9.33. The molecule has 1 N–H and O–H groups in total. The van der Waals surface area contributed by atoms with E-state index in [-0.39, 0.29) is 18.2 Å². The molecule has 2 aromatic rings. The van der Waals surface area contributed by atoms with Gasteiger partial charge in [0.1, 0.15) is 5.54 Å². The number of aromatic nitrogens is 1. The van der Waals surface area contributed by atoms with Crippen LogP contribution in [0.1, 0.15) is 33.7 Å². The van der Waals surface area contributed by atoms with Gasteiger partial charge in [-0.15, -0.1) is 0 Å². The number of thioether (sulfide) groups is 1. The molecular formula is C21H23N3O3S. The molecule has 1 spiro atoms. The second-order valence-corrected chi connectivity index (χ2v) is 8.69. The van der Waals surface area contributed by atoms with Crippen LogP contribution in [0, 0.1) is 20.8 Å². The average Bonchev–Trinajstić information content (AvgIpc) is 3.30. The maximum atomic E-state index is 13.0. The van der Waals surface area contributed by atoms with Gasteiger partial charge in [0.25, 0.3) is 5.91 Å². The second kappa shape index (κ2) is 6.81. The van der Waals surface area contributed by atoms with Gasteiger partial charge in [-0.1, -0.05) is 17.7 Å². The van der Waals surface area contributed by atoms with Crippen molar-refractivity contribution >= 4 is 29.5 Å². The lowest BCUT2D eigenvalue weighted by Crippen LogP contribution is -2.47. The number of nitrogens with one attached hydrogen (secondary N) is 1. The van der Waals surface area contributed by atoms with Crippen molar-refractivity contribution in [2.75, 3.05) is 18.1 Å². The number of carbonyl (C=O) groups excluding carboxylic acids is 3. The molecule has 1 aromatic heterocycles. The van der Waals surface area contributed by atoms with Gasteiger partial charge in [0.15, 0.2) is 5.78 Å². The lowest BCUT2D eigenvalue weighted by atomic mass is 9.99. The number of hydrogen-bond acceptors (Lipinski definition) is 4. The summed E-state index contributed by atoms with van der Waals surface area (Å²) in [5.74, 6) is 0.913. The number of amides is 3. The fourth-order valence-corrected chi connectivity index (χ4v) is 5.34. The van der Waals surface area contributed by atoms with E-state index >= 15 is 0 Å². The molecule has 2 aliphatic heterocycles. The molecular weight excluding hydrogens is 374 g/mol. The van der Waals surface area contributed by atoms with Crippen LogP contribution in [0.4, 0.5) is 4.79 Å². The molecule has 0 radical (unpaired) electrons. The van der Waals surface area contributed by atoms with E-state index in [4.69, 9.17) is 0 Å². The SMILES string of the molecule is Cc1ccc(-n2c(C)cc(C(=O)CN3C(=O)NC4(CCSC4)C3=O)c2C)cc1. The number of carbonyl (C=O) groups is 3. The molecule has 28 heavy (non-hydrogen) atoms. The number of benzene rings is 1. The first-order chi connectivity index (χ1) is 13.3. The van der Waals surface area contributed by atoms with E-state index in [2.05, 4.69) is 5.32 Å². The summed E-state index contributed by atoms with van der Waals surface area (Å²) in [6, 6.07) is 9.46. The fourth-order valence-electron chi connectivity index (χ4n) is 4.02. The van der Waals surface area contributed by atoms with E-state index in [0.717, 1.165) is 27.7 Å². The predicted molar refractivity (Wildman–Crippen MR) is 109 cm³/mol. The second-order valence-electron chi connectivity index (χ2n) is 7.59. The average molecular weight is 398 g/mol. The summed E-state index contributed by atoms with van der Waals surface area (Å²) < 4.78 is 2.02. The molecule has 1 unspecified atom stereocenters. The molecule has 7 heteroatoms. The minimum atomic E-state index is -0.819. The molecule has 0 saturated carbocycles. The number of hydrogen-bond donors (Lipinski definition) is 1. The van der Waals surface area contributed by atoms with Crippen molar-refractivity contribution in [3.8, 4) is 5.69 Å². The highest BCUT2D eigenvalue weighted by Crippen LogP contribution is 2.33. The van der Waals surface area contributed by atoms with Gasteiger partial charge in [-0.05, 0) is 51.1 Å². The van der Waals surface area contributed by atoms with Gasteiger partial charge in [-0.25, -0.2) is 4.79 Å². The third kappa shape index (κ3) is 2.94. The van der Waals surface area contributed by atoms with Crippen molar-refractivity contribution in [2.45, 2.75) is 32.7 Å². The number of Topliss-reactive ketones (excluding diaryl/α,β-unsaturated/α-hetero) is 1. The summed E-state index contributed by atoms with van der Waals surface area (Å²) >= 11 is 1.65. The Kier molecular flexibility index (Phi) is 4.57. The molecule has 2 fully saturated rings. The lowest BCUT2D eigenvalue weighted by Gasteiger charge is -2.19. The summed E-state index contributed by atoms with van der Waals surface area (Å²) in [4.78, 5) is 39.2. The molecule has 6 nitrogen and oxygen atoms in total. The highest BCUT2D eigenvalue weighted by Gasteiger charge is 2.53. The molecule has 3 heterocycles. The third-order valence-electron chi connectivity index (χ3n) is 5.59. The summed E-state index contributed by atoms with van der Waals surface area (Å²) in [5.41, 5.74) is 3.62. The summed E-state index contributed by atoms with van der Waals surface area (Å²) in [6.07, 6.45) is 0.620. The van der Waals surface area contributed by atoms with E-state index in [1.54, 1.807) is 11.8 Å². The predicted octanol–water partition coefficient (Wildman–Crippen LogP) is 3.01. The van der Waals surface area contributed by atoms with E-state index < -0.39 is 11.6 Å². The monoisotopic (exact) mass is 397 g/mol. The Morgan fingerprint density at radius 3 is 2.54 bits per heavy atom. The van der Waals surface area contributed by atoms with Gasteiger partial charge in [-0.3, -0.25) is 14.5 Å².